The summed E-state index contributed by atoms with van der Waals surface area (Å²) in [4.78, 5) is 0. The molecule has 0 aromatic heterocycles. The highest BCUT2D eigenvalue weighted by Gasteiger charge is 2.08. The number of fused-ring (bicyclic) bond motifs is 1. The maximum atomic E-state index is 5.67. The van der Waals surface area contributed by atoms with Crippen molar-refractivity contribution in [2.45, 2.75) is 33.1 Å². The summed E-state index contributed by atoms with van der Waals surface area (Å²) < 4.78 is 11.2. The van der Waals surface area contributed by atoms with Gasteiger partial charge in [-0.05, 0) is 59.5 Å². The van der Waals surface area contributed by atoms with Crippen LogP contribution in [0.25, 0.3) is 22.9 Å². The molecule has 2 nitrogen and oxygen atoms in total. The van der Waals surface area contributed by atoms with Gasteiger partial charge in [0.15, 0.2) is 0 Å². The minimum Gasteiger partial charge on any atom is -0.496 e. The summed E-state index contributed by atoms with van der Waals surface area (Å²) in [6.07, 6.45) is 7.77. The van der Waals surface area contributed by atoms with Crippen LogP contribution in [0, 0.1) is 6.92 Å². The number of methoxy groups -OCH3 is 2. The van der Waals surface area contributed by atoms with Gasteiger partial charge in [-0.1, -0.05) is 61.9 Å². The van der Waals surface area contributed by atoms with E-state index >= 15 is 0 Å². The van der Waals surface area contributed by atoms with Crippen molar-refractivity contribution in [3.63, 3.8) is 0 Å². The van der Waals surface area contributed by atoms with E-state index < -0.39 is 0 Å². The molecule has 3 aromatic rings. The third kappa shape index (κ3) is 4.16. The van der Waals surface area contributed by atoms with Crippen LogP contribution in [0.3, 0.4) is 0 Å². The SMILES string of the molecule is CCCCc1c(C)cc(/C=C/c2ccc(OC)c3ccccc23)cc1OC. The number of benzene rings is 3. The van der Waals surface area contributed by atoms with Gasteiger partial charge in [0, 0.05) is 5.39 Å². The first-order chi connectivity index (χ1) is 13.2. The lowest BCUT2D eigenvalue weighted by molar-refractivity contribution is 0.408. The average Bonchev–Trinajstić information content (AvgIpc) is 2.70. The van der Waals surface area contributed by atoms with Gasteiger partial charge in [-0.3, -0.25) is 0 Å². The highest BCUT2D eigenvalue weighted by Crippen LogP contribution is 2.30. The lowest BCUT2D eigenvalue weighted by Crippen LogP contribution is -1.97. The van der Waals surface area contributed by atoms with Crippen molar-refractivity contribution in [3.05, 3.63) is 70.8 Å². The average molecular weight is 360 g/mol. The Morgan fingerprint density at radius 2 is 1.59 bits per heavy atom. The minimum absolute atomic E-state index is 0.903. The molecule has 0 saturated carbocycles. The summed E-state index contributed by atoms with van der Waals surface area (Å²) in [5.74, 6) is 1.89. The summed E-state index contributed by atoms with van der Waals surface area (Å²) in [5, 5.41) is 2.32. The molecular weight excluding hydrogens is 332 g/mol. The predicted molar refractivity (Wildman–Crippen MR) is 116 cm³/mol. The lowest BCUT2D eigenvalue weighted by atomic mass is 9.98. The molecule has 140 valence electrons. The normalized spacial score (nSPS) is 11.3. The van der Waals surface area contributed by atoms with Crippen LogP contribution >= 0.6 is 0 Å². The van der Waals surface area contributed by atoms with Crippen molar-refractivity contribution in [2.75, 3.05) is 14.2 Å². The van der Waals surface area contributed by atoms with E-state index in [1.807, 2.05) is 12.1 Å². The topological polar surface area (TPSA) is 18.5 Å². The summed E-state index contributed by atoms with van der Waals surface area (Å²) in [7, 11) is 3.47. The van der Waals surface area contributed by atoms with Gasteiger partial charge in [-0.15, -0.1) is 0 Å². The van der Waals surface area contributed by atoms with Crippen LogP contribution in [0.5, 0.6) is 11.5 Å². The van der Waals surface area contributed by atoms with Crippen LogP contribution in [-0.2, 0) is 6.42 Å². The molecule has 27 heavy (non-hydrogen) atoms. The van der Waals surface area contributed by atoms with E-state index in [1.54, 1.807) is 14.2 Å². The van der Waals surface area contributed by atoms with E-state index in [-0.39, 0.29) is 0 Å². The maximum Gasteiger partial charge on any atom is 0.126 e. The smallest absolute Gasteiger partial charge is 0.126 e. The molecule has 0 aliphatic carbocycles. The number of aryl methyl sites for hydroxylation is 1. The highest BCUT2D eigenvalue weighted by molar-refractivity contribution is 5.96. The minimum atomic E-state index is 0.903. The van der Waals surface area contributed by atoms with Gasteiger partial charge in [0.2, 0.25) is 0 Å². The van der Waals surface area contributed by atoms with Gasteiger partial charge in [0.25, 0.3) is 0 Å². The number of hydrogen-bond acceptors (Lipinski definition) is 2. The van der Waals surface area contributed by atoms with E-state index in [9.17, 15) is 0 Å². The fraction of sp³-hybridized carbons (Fsp3) is 0.280. The number of rotatable bonds is 7. The van der Waals surface area contributed by atoms with Crippen LogP contribution in [0.4, 0.5) is 0 Å². The van der Waals surface area contributed by atoms with E-state index in [0.29, 0.717) is 0 Å². The third-order valence-corrected chi connectivity index (χ3v) is 5.05. The Balaban J connectivity index is 1.97. The molecule has 0 bridgehead atoms. The Kier molecular flexibility index (Phi) is 6.18. The first-order valence-corrected chi connectivity index (χ1v) is 9.59. The molecule has 0 aliphatic heterocycles. The summed E-state index contributed by atoms with van der Waals surface area (Å²) in [5.41, 5.74) is 4.95. The van der Waals surface area contributed by atoms with Crippen LogP contribution in [0.1, 0.15) is 42.0 Å². The number of hydrogen-bond donors (Lipinski definition) is 0. The van der Waals surface area contributed by atoms with E-state index in [2.05, 4.69) is 62.4 Å². The Morgan fingerprint density at radius 1 is 0.852 bits per heavy atom. The molecule has 0 N–H and O–H groups in total. The molecular formula is C25H28O2. The van der Waals surface area contributed by atoms with E-state index in [4.69, 9.17) is 9.47 Å². The molecule has 3 aromatic carbocycles. The van der Waals surface area contributed by atoms with Crippen molar-refractivity contribution in [2.24, 2.45) is 0 Å². The van der Waals surface area contributed by atoms with Gasteiger partial charge in [-0.2, -0.15) is 0 Å². The second-order valence-electron chi connectivity index (χ2n) is 6.86. The molecule has 0 atom stereocenters. The zero-order valence-electron chi connectivity index (χ0n) is 16.7. The van der Waals surface area contributed by atoms with Crippen LogP contribution in [0.15, 0.2) is 48.5 Å². The zero-order chi connectivity index (χ0) is 19.2. The van der Waals surface area contributed by atoms with Gasteiger partial charge in [0.1, 0.15) is 11.5 Å². The van der Waals surface area contributed by atoms with Gasteiger partial charge in [-0.25, -0.2) is 0 Å². The van der Waals surface area contributed by atoms with Gasteiger partial charge >= 0.3 is 0 Å². The fourth-order valence-electron chi connectivity index (χ4n) is 3.57. The zero-order valence-corrected chi connectivity index (χ0v) is 16.7. The van der Waals surface area contributed by atoms with Gasteiger partial charge < -0.3 is 9.47 Å². The first kappa shape index (κ1) is 19.0. The number of unbranched alkanes of at least 4 members (excludes halogenated alkanes) is 1. The van der Waals surface area contributed by atoms with Crippen molar-refractivity contribution in [1.82, 2.24) is 0 Å². The van der Waals surface area contributed by atoms with E-state index in [0.717, 1.165) is 28.9 Å². The summed E-state index contributed by atoms with van der Waals surface area (Å²) in [6.45, 7) is 4.39. The molecule has 3 rings (SSSR count). The molecule has 0 heterocycles. The quantitative estimate of drug-likeness (QED) is 0.438. The maximum absolute atomic E-state index is 5.67. The Labute approximate surface area is 162 Å². The predicted octanol–water partition coefficient (Wildman–Crippen LogP) is 6.68. The van der Waals surface area contributed by atoms with Crippen LogP contribution in [-0.4, -0.2) is 14.2 Å². The second-order valence-corrected chi connectivity index (χ2v) is 6.86. The largest absolute Gasteiger partial charge is 0.496 e. The van der Waals surface area contributed by atoms with Crippen molar-refractivity contribution >= 4 is 22.9 Å². The molecule has 0 saturated heterocycles. The second kappa shape index (κ2) is 8.77. The standard InChI is InChI=1S/C25H28O2/c1-5-6-9-21-18(2)16-19(17-25(21)27-4)12-13-20-14-15-24(26-3)23-11-8-7-10-22(20)23/h7-8,10-17H,5-6,9H2,1-4H3/b13-12+. The fourth-order valence-corrected chi connectivity index (χ4v) is 3.57. The highest BCUT2D eigenvalue weighted by atomic mass is 16.5. The Bertz CT molecular complexity index is 954. The Hall–Kier alpha value is -2.74. The third-order valence-electron chi connectivity index (χ3n) is 5.05. The monoisotopic (exact) mass is 360 g/mol. The molecule has 0 aliphatic rings. The van der Waals surface area contributed by atoms with Crippen LogP contribution < -0.4 is 9.47 Å². The van der Waals surface area contributed by atoms with Crippen molar-refractivity contribution in [3.8, 4) is 11.5 Å². The molecule has 0 radical (unpaired) electrons. The number of ether oxygens (including phenoxy) is 2. The van der Waals surface area contributed by atoms with Crippen molar-refractivity contribution in [1.29, 1.82) is 0 Å². The lowest BCUT2D eigenvalue weighted by Gasteiger charge is -2.13. The van der Waals surface area contributed by atoms with Gasteiger partial charge in [0.05, 0.1) is 14.2 Å². The first-order valence-electron chi connectivity index (χ1n) is 9.59. The molecule has 0 fully saturated rings. The molecule has 0 amide bonds. The van der Waals surface area contributed by atoms with E-state index in [1.165, 1.54) is 34.9 Å². The van der Waals surface area contributed by atoms with Crippen molar-refractivity contribution < 1.29 is 9.47 Å². The molecule has 0 spiro atoms. The molecule has 0 unspecified atom stereocenters. The summed E-state index contributed by atoms with van der Waals surface area (Å²) >= 11 is 0. The summed E-state index contributed by atoms with van der Waals surface area (Å²) in [6, 6.07) is 16.9. The Morgan fingerprint density at radius 3 is 2.30 bits per heavy atom. The van der Waals surface area contributed by atoms with Crippen LogP contribution in [0.2, 0.25) is 0 Å². The molecule has 2 heteroatoms.